The van der Waals surface area contributed by atoms with Crippen LogP contribution in [-0.4, -0.2) is 38.8 Å². The lowest BCUT2D eigenvalue weighted by Gasteiger charge is -2.04. The van der Waals surface area contributed by atoms with Crippen molar-refractivity contribution >= 4 is 16.9 Å². The highest BCUT2D eigenvalue weighted by Crippen LogP contribution is 2.13. The fourth-order valence-corrected chi connectivity index (χ4v) is 3.09. The van der Waals surface area contributed by atoms with Gasteiger partial charge in [-0.3, -0.25) is 9.48 Å². The molecule has 142 valence electrons. The quantitative estimate of drug-likeness (QED) is 0.605. The molecule has 1 aliphatic heterocycles. The molecule has 0 saturated heterocycles. The minimum Gasteiger partial charge on any atom is -0.364 e. The minimum absolute atomic E-state index is 0.0828. The first kappa shape index (κ1) is 17.6. The van der Waals surface area contributed by atoms with E-state index in [1.54, 1.807) is 6.07 Å². The lowest BCUT2D eigenvalue weighted by atomic mass is 10.3. The number of nitrogens with one attached hydrogen (secondary N) is 3. The number of hydrogen-bond acceptors (Lipinski definition) is 5. The summed E-state index contributed by atoms with van der Waals surface area (Å²) in [6.45, 7) is 3.11. The highest BCUT2D eigenvalue weighted by atomic mass is 19.1. The van der Waals surface area contributed by atoms with Crippen molar-refractivity contribution < 1.29 is 13.9 Å². The van der Waals surface area contributed by atoms with Gasteiger partial charge in [0.25, 0.3) is 0 Å². The van der Waals surface area contributed by atoms with Crippen LogP contribution in [0.1, 0.15) is 23.6 Å². The first-order valence-electron chi connectivity index (χ1n) is 8.92. The van der Waals surface area contributed by atoms with Gasteiger partial charge in [0.2, 0.25) is 5.91 Å². The van der Waals surface area contributed by atoms with Gasteiger partial charge in [0.05, 0.1) is 29.0 Å². The molecular formula is C18H21FN6O2. The molecule has 3 aromatic rings. The summed E-state index contributed by atoms with van der Waals surface area (Å²) in [5, 5.41) is 10.7. The van der Waals surface area contributed by atoms with Crippen molar-refractivity contribution in [3.63, 3.8) is 0 Å². The predicted octanol–water partition coefficient (Wildman–Crippen LogP) is 1.22. The van der Waals surface area contributed by atoms with Gasteiger partial charge in [-0.2, -0.15) is 5.10 Å². The fourth-order valence-electron chi connectivity index (χ4n) is 3.09. The smallest absolute Gasteiger partial charge is 0.246 e. The third kappa shape index (κ3) is 4.32. The summed E-state index contributed by atoms with van der Waals surface area (Å²) in [5.41, 5.74) is 3.23. The summed E-state index contributed by atoms with van der Waals surface area (Å²) in [4.78, 5) is 19.2. The number of benzene rings is 1. The van der Waals surface area contributed by atoms with Crippen LogP contribution >= 0.6 is 0 Å². The number of imidazole rings is 1. The van der Waals surface area contributed by atoms with Crippen LogP contribution in [-0.2, 0) is 35.8 Å². The van der Waals surface area contributed by atoms with Gasteiger partial charge in [-0.1, -0.05) is 0 Å². The third-order valence-corrected chi connectivity index (χ3v) is 4.38. The number of carbonyl (C=O) groups excluding carboxylic acids is 1. The number of aromatic nitrogens is 4. The van der Waals surface area contributed by atoms with Gasteiger partial charge >= 0.3 is 0 Å². The Bertz CT molecular complexity index is 927. The molecule has 9 heteroatoms. The molecule has 8 nitrogen and oxygen atoms in total. The SMILES string of the molecule is O=C(COCc1nc2ccc(F)cc2[nH]1)NCc1cc2n(n1)CCCNC2. The molecule has 4 rings (SSSR count). The second kappa shape index (κ2) is 7.85. The molecule has 0 unspecified atom stereocenters. The van der Waals surface area contributed by atoms with Gasteiger partial charge in [-0.05, 0) is 37.2 Å². The van der Waals surface area contributed by atoms with E-state index >= 15 is 0 Å². The number of hydrogen-bond donors (Lipinski definition) is 3. The van der Waals surface area contributed by atoms with Gasteiger partial charge < -0.3 is 20.4 Å². The Labute approximate surface area is 155 Å². The molecule has 0 fully saturated rings. The number of fused-ring (bicyclic) bond motifs is 2. The summed E-state index contributed by atoms with van der Waals surface area (Å²) < 4.78 is 20.6. The highest BCUT2D eigenvalue weighted by molar-refractivity contribution is 5.77. The van der Waals surface area contributed by atoms with Crippen molar-refractivity contribution in [3.8, 4) is 0 Å². The lowest BCUT2D eigenvalue weighted by Crippen LogP contribution is -2.27. The Morgan fingerprint density at radius 1 is 1.37 bits per heavy atom. The van der Waals surface area contributed by atoms with Crippen molar-refractivity contribution in [3.05, 3.63) is 47.3 Å². The van der Waals surface area contributed by atoms with Crippen LogP contribution in [0.2, 0.25) is 0 Å². The van der Waals surface area contributed by atoms with Crippen LogP contribution in [0.15, 0.2) is 24.3 Å². The molecule has 1 aliphatic rings. The van der Waals surface area contributed by atoms with Crippen LogP contribution in [0.4, 0.5) is 4.39 Å². The van der Waals surface area contributed by atoms with Gasteiger partial charge in [0.15, 0.2) is 0 Å². The number of aryl methyl sites for hydroxylation is 1. The number of aromatic amines is 1. The van der Waals surface area contributed by atoms with E-state index in [-0.39, 0.29) is 24.9 Å². The fraction of sp³-hybridized carbons (Fsp3) is 0.389. The topological polar surface area (TPSA) is 96.9 Å². The van der Waals surface area contributed by atoms with E-state index in [1.807, 2.05) is 10.7 Å². The Morgan fingerprint density at radius 3 is 3.22 bits per heavy atom. The first-order chi connectivity index (χ1) is 13.2. The van der Waals surface area contributed by atoms with Crippen LogP contribution in [0.3, 0.4) is 0 Å². The Hall–Kier alpha value is -2.78. The molecule has 0 spiro atoms. The van der Waals surface area contributed by atoms with Gasteiger partial charge in [0, 0.05) is 13.1 Å². The van der Waals surface area contributed by atoms with E-state index in [9.17, 15) is 9.18 Å². The first-order valence-corrected chi connectivity index (χ1v) is 8.92. The minimum atomic E-state index is -0.328. The number of amides is 1. The molecular weight excluding hydrogens is 351 g/mol. The molecule has 1 aromatic carbocycles. The average molecular weight is 372 g/mol. The Kier molecular flexibility index (Phi) is 5.12. The maximum absolute atomic E-state index is 13.2. The number of halogens is 1. The monoisotopic (exact) mass is 372 g/mol. The molecule has 2 aromatic heterocycles. The maximum atomic E-state index is 13.2. The summed E-state index contributed by atoms with van der Waals surface area (Å²) >= 11 is 0. The molecule has 27 heavy (non-hydrogen) atoms. The molecule has 0 radical (unpaired) electrons. The molecule has 0 atom stereocenters. The third-order valence-electron chi connectivity index (χ3n) is 4.38. The molecule has 3 heterocycles. The summed E-state index contributed by atoms with van der Waals surface area (Å²) in [6.07, 6.45) is 1.04. The number of ether oxygens (including phenoxy) is 1. The molecule has 0 saturated carbocycles. The Morgan fingerprint density at radius 2 is 2.30 bits per heavy atom. The zero-order chi connectivity index (χ0) is 18.6. The predicted molar refractivity (Wildman–Crippen MR) is 96.1 cm³/mol. The zero-order valence-corrected chi connectivity index (χ0v) is 14.8. The molecule has 3 N–H and O–H groups in total. The van der Waals surface area contributed by atoms with Crippen molar-refractivity contribution in [2.45, 2.75) is 32.7 Å². The van der Waals surface area contributed by atoms with Crippen LogP contribution in [0.5, 0.6) is 0 Å². The van der Waals surface area contributed by atoms with Crippen molar-refractivity contribution in [2.24, 2.45) is 0 Å². The van der Waals surface area contributed by atoms with Crippen LogP contribution in [0, 0.1) is 5.82 Å². The summed E-state index contributed by atoms with van der Waals surface area (Å²) in [5.74, 6) is -0.00224. The average Bonchev–Trinajstić information content (AvgIpc) is 3.16. The lowest BCUT2D eigenvalue weighted by molar-refractivity contribution is -0.126. The van der Waals surface area contributed by atoms with E-state index in [2.05, 4.69) is 25.7 Å². The number of nitrogens with zero attached hydrogens (tertiary/aromatic N) is 3. The van der Waals surface area contributed by atoms with E-state index < -0.39 is 0 Å². The normalized spacial score (nSPS) is 14.1. The molecule has 1 amide bonds. The second-order valence-electron chi connectivity index (χ2n) is 6.49. The van der Waals surface area contributed by atoms with Crippen molar-refractivity contribution in [2.75, 3.05) is 13.2 Å². The number of rotatable bonds is 6. The number of H-pyrrole nitrogens is 1. The Balaban J connectivity index is 1.23. The van der Waals surface area contributed by atoms with Crippen molar-refractivity contribution in [1.29, 1.82) is 0 Å². The van der Waals surface area contributed by atoms with Gasteiger partial charge in [0.1, 0.15) is 24.9 Å². The van der Waals surface area contributed by atoms with E-state index in [4.69, 9.17) is 4.74 Å². The second-order valence-corrected chi connectivity index (χ2v) is 6.49. The largest absolute Gasteiger partial charge is 0.364 e. The highest BCUT2D eigenvalue weighted by Gasteiger charge is 2.12. The van der Waals surface area contributed by atoms with Gasteiger partial charge in [-0.15, -0.1) is 0 Å². The molecule has 0 bridgehead atoms. The van der Waals surface area contributed by atoms with Crippen LogP contribution in [0.25, 0.3) is 11.0 Å². The zero-order valence-electron chi connectivity index (χ0n) is 14.8. The maximum Gasteiger partial charge on any atom is 0.246 e. The number of carbonyl (C=O) groups is 1. The standard InChI is InChI=1S/C18H21FN6O2/c19-12-2-3-15-16(6-12)23-17(22-15)10-27-11-18(26)21-8-13-7-14-9-20-4-1-5-25(14)24-13/h2-3,6-7,20H,1,4-5,8-11H2,(H,21,26)(H,22,23). The van der Waals surface area contributed by atoms with Crippen LogP contribution < -0.4 is 10.6 Å². The summed E-state index contributed by atoms with van der Waals surface area (Å²) in [6, 6.07) is 6.33. The van der Waals surface area contributed by atoms with E-state index in [0.29, 0.717) is 23.4 Å². The van der Waals surface area contributed by atoms with E-state index in [0.717, 1.165) is 37.4 Å². The van der Waals surface area contributed by atoms with Gasteiger partial charge in [-0.25, -0.2) is 9.37 Å². The van der Waals surface area contributed by atoms with E-state index in [1.165, 1.54) is 12.1 Å². The molecule has 0 aliphatic carbocycles. The van der Waals surface area contributed by atoms with Crippen molar-refractivity contribution in [1.82, 2.24) is 30.4 Å². The summed E-state index contributed by atoms with van der Waals surface area (Å²) in [7, 11) is 0.